The summed E-state index contributed by atoms with van der Waals surface area (Å²) in [4.78, 5) is 45.6. The molecule has 17 heteroatoms. The summed E-state index contributed by atoms with van der Waals surface area (Å²) in [6.45, 7) is 2.09. The quantitative estimate of drug-likeness (QED) is 0.281. The Kier molecular flexibility index (Phi) is 10.8. The predicted octanol–water partition coefficient (Wildman–Crippen LogP) is 6.09. The Morgan fingerprint density at radius 3 is 2.39 bits per heavy atom. The fourth-order valence-corrected chi connectivity index (χ4v) is 4.81. The van der Waals surface area contributed by atoms with Crippen LogP contribution < -0.4 is 15.4 Å². The van der Waals surface area contributed by atoms with E-state index in [0.29, 0.717) is 21.5 Å². The van der Waals surface area contributed by atoms with Crippen molar-refractivity contribution in [2.45, 2.75) is 12.7 Å². The second kappa shape index (κ2) is 13.9. The van der Waals surface area contributed by atoms with Gasteiger partial charge in [-0.05, 0) is 23.6 Å². The third-order valence-corrected chi connectivity index (χ3v) is 7.14. The van der Waals surface area contributed by atoms with Gasteiger partial charge in [0.05, 0.1) is 41.3 Å². The number of carbonyl (C=O) groups is 3. The number of pyridine rings is 1. The first kappa shape index (κ1) is 31.9. The lowest BCUT2D eigenvalue weighted by Crippen LogP contribution is -2.21. The number of carboxylic acid groups (broad SMARTS) is 1. The molecule has 0 saturated carbocycles. The number of halogens is 6. The third-order valence-electron chi connectivity index (χ3n) is 5.12. The molecule has 218 valence electrons. The van der Waals surface area contributed by atoms with Gasteiger partial charge in [0.2, 0.25) is 0 Å². The Bertz CT molecular complexity index is 1470. The summed E-state index contributed by atoms with van der Waals surface area (Å²) in [6.07, 6.45) is -1.91. The van der Waals surface area contributed by atoms with Crippen molar-refractivity contribution in [3.8, 4) is 5.75 Å². The third kappa shape index (κ3) is 8.70. The molecule has 1 aliphatic rings. The predicted molar refractivity (Wildman–Crippen MR) is 150 cm³/mol. The van der Waals surface area contributed by atoms with E-state index in [-0.39, 0.29) is 27.8 Å². The van der Waals surface area contributed by atoms with E-state index in [2.05, 4.69) is 20.6 Å². The number of hydrogen-bond donors (Lipinski definition) is 3. The molecule has 0 spiro atoms. The van der Waals surface area contributed by atoms with Gasteiger partial charge in [0.25, 0.3) is 11.8 Å². The van der Waals surface area contributed by atoms with Gasteiger partial charge in [-0.3, -0.25) is 14.6 Å². The number of aliphatic carboxylic acids is 1. The highest BCUT2D eigenvalue weighted by Crippen LogP contribution is 2.35. The number of thiophene rings is 1. The first-order chi connectivity index (χ1) is 19.3. The lowest BCUT2D eigenvalue weighted by atomic mass is 10.1. The SMILES string of the molecule is COc1cc(Cl)cc(C(=O)Nc2ccc(Cl)cn2)c1NC(=O)c1scc(CN2C=NCC2)c1Cl.O=C(O)C(F)(F)F. The van der Waals surface area contributed by atoms with Gasteiger partial charge in [-0.2, -0.15) is 13.2 Å². The molecule has 3 N–H and O–H groups in total. The van der Waals surface area contributed by atoms with Crippen LogP contribution >= 0.6 is 46.1 Å². The highest BCUT2D eigenvalue weighted by atomic mass is 35.5. The number of nitrogens with zero attached hydrogens (tertiary/aromatic N) is 3. The number of alkyl halides is 3. The van der Waals surface area contributed by atoms with Crippen LogP contribution in [0.25, 0.3) is 0 Å². The van der Waals surface area contributed by atoms with Crippen LogP contribution in [0.4, 0.5) is 24.7 Å². The molecule has 10 nitrogen and oxygen atoms in total. The highest BCUT2D eigenvalue weighted by molar-refractivity contribution is 7.13. The first-order valence-electron chi connectivity index (χ1n) is 11.2. The van der Waals surface area contributed by atoms with Crippen LogP contribution in [-0.4, -0.2) is 65.5 Å². The van der Waals surface area contributed by atoms with E-state index in [0.717, 1.165) is 18.7 Å². The van der Waals surface area contributed by atoms with Crippen LogP contribution in [0, 0.1) is 0 Å². The van der Waals surface area contributed by atoms with Gasteiger partial charge in [0, 0.05) is 35.9 Å². The monoisotopic (exact) mass is 651 g/mol. The molecule has 2 amide bonds. The molecule has 3 aromatic rings. The summed E-state index contributed by atoms with van der Waals surface area (Å²) in [5.41, 5.74) is 1.07. The number of aliphatic imine (C=N–C) groups is 1. The summed E-state index contributed by atoms with van der Waals surface area (Å²) in [6, 6.07) is 6.08. The van der Waals surface area contributed by atoms with Crippen LogP contribution in [0.5, 0.6) is 5.75 Å². The summed E-state index contributed by atoms with van der Waals surface area (Å²) in [5.74, 6) is -3.28. The van der Waals surface area contributed by atoms with Crippen molar-refractivity contribution < 1.29 is 37.4 Å². The molecular formula is C24H19Cl3F3N5O5S. The molecule has 0 bridgehead atoms. The Balaban J connectivity index is 0.000000587. The number of methoxy groups -OCH3 is 1. The zero-order valence-corrected chi connectivity index (χ0v) is 23.8. The number of hydrogen-bond acceptors (Lipinski definition) is 8. The zero-order valence-electron chi connectivity index (χ0n) is 20.8. The minimum absolute atomic E-state index is 0.0932. The number of anilines is 2. The van der Waals surface area contributed by atoms with E-state index in [1.807, 2.05) is 10.3 Å². The number of nitrogens with one attached hydrogen (secondary N) is 2. The number of ether oxygens (including phenoxy) is 1. The van der Waals surface area contributed by atoms with Crippen molar-refractivity contribution in [1.29, 1.82) is 0 Å². The van der Waals surface area contributed by atoms with E-state index in [9.17, 15) is 22.8 Å². The Hall–Kier alpha value is -3.59. The Labute approximate surface area is 249 Å². The summed E-state index contributed by atoms with van der Waals surface area (Å²) < 4.78 is 37.1. The highest BCUT2D eigenvalue weighted by Gasteiger charge is 2.38. The number of carbonyl (C=O) groups excluding carboxylic acids is 2. The van der Waals surface area contributed by atoms with Crippen LogP contribution in [0.3, 0.4) is 0 Å². The smallest absolute Gasteiger partial charge is 0.490 e. The van der Waals surface area contributed by atoms with Gasteiger partial charge in [-0.15, -0.1) is 11.3 Å². The Morgan fingerprint density at radius 1 is 1.12 bits per heavy atom. The van der Waals surface area contributed by atoms with Gasteiger partial charge in [-0.1, -0.05) is 34.8 Å². The summed E-state index contributed by atoms with van der Waals surface area (Å²) in [7, 11) is 1.41. The summed E-state index contributed by atoms with van der Waals surface area (Å²) in [5, 5.41) is 15.4. The fraction of sp³-hybridized carbons (Fsp3) is 0.208. The van der Waals surface area contributed by atoms with Gasteiger partial charge in [-0.25, -0.2) is 9.78 Å². The topological polar surface area (TPSA) is 133 Å². The van der Waals surface area contributed by atoms with Crippen LogP contribution in [-0.2, 0) is 11.3 Å². The molecule has 2 aromatic heterocycles. The van der Waals surface area contributed by atoms with Crippen molar-refractivity contribution in [3.63, 3.8) is 0 Å². The molecule has 41 heavy (non-hydrogen) atoms. The van der Waals surface area contributed by atoms with Crippen molar-refractivity contribution in [3.05, 3.63) is 66.9 Å². The zero-order chi connectivity index (χ0) is 30.3. The van der Waals surface area contributed by atoms with Crippen molar-refractivity contribution in [2.75, 3.05) is 30.8 Å². The second-order valence-corrected chi connectivity index (χ2v) is 10.1. The van der Waals surface area contributed by atoms with Gasteiger partial charge in [0.15, 0.2) is 0 Å². The molecule has 0 aliphatic carbocycles. The number of amides is 2. The maximum atomic E-state index is 13.1. The molecule has 0 unspecified atom stereocenters. The Morgan fingerprint density at radius 2 is 1.83 bits per heavy atom. The van der Waals surface area contributed by atoms with E-state index >= 15 is 0 Å². The number of rotatable bonds is 7. The van der Waals surface area contributed by atoms with Gasteiger partial charge in [0.1, 0.15) is 16.4 Å². The maximum absolute atomic E-state index is 13.1. The lowest BCUT2D eigenvalue weighted by molar-refractivity contribution is -0.192. The number of aromatic nitrogens is 1. The van der Waals surface area contributed by atoms with Crippen LogP contribution in [0.15, 0.2) is 40.8 Å². The molecule has 0 fully saturated rings. The largest absolute Gasteiger partial charge is 0.494 e. The van der Waals surface area contributed by atoms with E-state index in [4.69, 9.17) is 49.4 Å². The molecule has 4 rings (SSSR count). The van der Waals surface area contributed by atoms with Gasteiger partial charge < -0.3 is 25.4 Å². The van der Waals surface area contributed by atoms with Crippen LogP contribution in [0.2, 0.25) is 15.1 Å². The minimum atomic E-state index is -5.08. The number of carboxylic acids is 1. The summed E-state index contributed by atoms with van der Waals surface area (Å²) >= 11 is 19.8. The van der Waals surface area contributed by atoms with E-state index in [1.165, 1.54) is 36.8 Å². The molecule has 0 saturated heterocycles. The standard InChI is InChI=1S/C22H18Cl3N5O3S.C2HF3O2/c1-33-16-7-14(24)6-15(21(31)28-17-3-2-13(23)8-27-17)19(16)29-22(32)20-18(25)12(10-34-20)9-30-5-4-26-11-30;3-2(4,5)1(6)7/h2-3,6-8,10-11H,4-5,9H2,1H3,(H,29,32)(H,27,28,31);(H,6,7). The van der Waals surface area contributed by atoms with E-state index < -0.39 is 24.0 Å². The average Bonchev–Trinajstić information content (AvgIpc) is 3.56. The van der Waals surface area contributed by atoms with E-state index in [1.54, 1.807) is 18.5 Å². The molecule has 1 aromatic carbocycles. The second-order valence-electron chi connectivity index (χ2n) is 8.00. The van der Waals surface area contributed by atoms with Crippen molar-refractivity contribution in [2.24, 2.45) is 4.99 Å². The maximum Gasteiger partial charge on any atom is 0.490 e. The molecule has 0 atom stereocenters. The average molecular weight is 653 g/mol. The first-order valence-corrected chi connectivity index (χ1v) is 13.2. The fourth-order valence-electron chi connectivity index (χ4n) is 3.25. The normalized spacial score (nSPS) is 12.4. The molecule has 1 aliphatic heterocycles. The minimum Gasteiger partial charge on any atom is -0.494 e. The number of benzene rings is 1. The molecule has 0 radical (unpaired) electrons. The van der Waals surface area contributed by atoms with Crippen molar-refractivity contribution in [1.82, 2.24) is 9.88 Å². The molecular weight excluding hydrogens is 634 g/mol. The van der Waals surface area contributed by atoms with Crippen LogP contribution in [0.1, 0.15) is 25.6 Å². The van der Waals surface area contributed by atoms with Gasteiger partial charge >= 0.3 is 12.1 Å². The molecule has 3 heterocycles. The van der Waals surface area contributed by atoms with Crippen molar-refractivity contribution >= 4 is 81.8 Å². The lowest BCUT2D eigenvalue weighted by Gasteiger charge is -2.16.